The SMILES string of the molecule is NC(=O)CN(C(=O)c1ccccc1Br)c1ccccc1. The van der Waals surface area contributed by atoms with Crippen LogP contribution < -0.4 is 10.6 Å². The van der Waals surface area contributed by atoms with Gasteiger partial charge < -0.3 is 5.73 Å². The number of hydrogen-bond acceptors (Lipinski definition) is 2. The van der Waals surface area contributed by atoms with E-state index in [1.807, 2.05) is 12.1 Å². The summed E-state index contributed by atoms with van der Waals surface area (Å²) in [5.41, 5.74) is 6.36. The van der Waals surface area contributed by atoms with E-state index < -0.39 is 5.91 Å². The average Bonchev–Trinajstić information content (AvgIpc) is 2.45. The number of halogens is 1. The van der Waals surface area contributed by atoms with E-state index in [4.69, 9.17) is 5.73 Å². The molecule has 0 saturated heterocycles. The van der Waals surface area contributed by atoms with Crippen LogP contribution in [0.25, 0.3) is 0 Å². The molecule has 0 atom stereocenters. The summed E-state index contributed by atoms with van der Waals surface area (Å²) in [7, 11) is 0. The Morgan fingerprint density at radius 1 is 1.00 bits per heavy atom. The molecular formula is C15H13BrN2O2. The minimum atomic E-state index is -0.561. The number of carbonyl (C=O) groups excluding carboxylic acids is 2. The van der Waals surface area contributed by atoms with Gasteiger partial charge in [0, 0.05) is 10.2 Å². The van der Waals surface area contributed by atoms with Crippen molar-refractivity contribution in [3.63, 3.8) is 0 Å². The van der Waals surface area contributed by atoms with E-state index in [0.717, 1.165) is 0 Å². The summed E-state index contributed by atoms with van der Waals surface area (Å²) in [6, 6.07) is 16.0. The number of para-hydroxylation sites is 1. The smallest absolute Gasteiger partial charge is 0.259 e. The second-order valence-corrected chi connectivity index (χ2v) is 5.03. The van der Waals surface area contributed by atoms with E-state index in [-0.39, 0.29) is 12.5 Å². The van der Waals surface area contributed by atoms with Crippen LogP contribution in [0.3, 0.4) is 0 Å². The zero-order valence-electron chi connectivity index (χ0n) is 10.6. The largest absolute Gasteiger partial charge is 0.368 e. The molecule has 4 nitrogen and oxygen atoms in total. The predicted molar refractivity (Wildman–Crippen MR) is 81.5 cm³/mol. The Kier molecular flexibility index (Phi) is 4.53. The van der Waals surface area contributed by atoms with Crippen LogP contribution in [0.15, 0.2) is 59.1 Å². The molecule has 20 heavy (non-hydrogen) atoms. The van der Waals surface area contributed by atoms with E-state index >= 15 is 0 Å². The molecule has 0 bridgehead atoms. The molecule has 0 aliphatic carbocycles. The molecule has 0 heterocycles. The van der Waals surface area contributed by atoms with Gasteiger partial charge >= 0.3 is 0 Å². The molecule has 2 N–H and O–H groups in total. The first-order valence-electron chi connectivity index (χ1n) is 5.99. The number of nitrogens with zero attached hydrogens (tertiary/aromatic N) is 1. The van der Waals surface area contributed by atoms with Gasteiger partial charge in [0.1, 0.15) is 6.54 Å². The molecule has 0 spiro atoms. The maximum Gasteiger partial charge on any atom is 0.259 e. The van der Waals surface area contributed by atoms with Gasteiger partial charge in [0.2, 0.25) is 5.91 Å². The van der Waals surface area contributed by atoms with Crippen molar-refractivity contribution < 1.29 is 9.59 Å². The third-order valence-corrected chi connectivity index (χ3v) is 3.42. The molecule has 2 aromatic carbocycles. The van der Waals surface area contributed by atoms with Gasteiger partial charge in [-0.2, -0.15) is 0 Å². The lowest BCUT2D eigenvalue weighted by Gasteiger charge is -2.21. The second-order valence-electron chi connectivity index (χ2n) is 4.17. The lowest BCUT2D eigenvalue weighted by atomic mass is 10.1. The Morgan fingerprint density at radius 2 is 1.60 bits per heavy atom. The van der Waals surface area contributed by atoms with Crippen molar-refractivity contribution in [2.75, 3.05) is 11.4 Å². The molecule has 102 valence electrons. The zero-order valence-corrected chi connectivity index (χ0v) is 12.2. The lowest BCUT2D eigenvalue weighted by molar-refractivity contribution is -0.116. The second kappa shape index (κ2) is 6.34. The fourth-order valence-corrected chi connectivity index (χ4v) is 2.28. The van der Waals surface area contributed by atoms with Crippen LogP contribution in [0.2, 0.25) is 0 Å². The molecule has 2 rings (SSSR count). The van der Waals surface area contributed by atoms with Crippen molar-refractivity contribution in [3.05, 3.63) is 64.6 Å². The van der Waals surface area contributed by atoms with E-state index in [1.165, 1.54) is 4.90 Å². The highest BCUT2D eigenvalue weighted by Gasteiger charge is 2.21. The fourth-order valence-electron chi connectivity index (χ4n) is 1.82. The van der Waals surface area contributed by atoms with Crippen LogP contribution in [0.1, 0.15) is 10.4 Å². The van der Waals surface area contributed by atoms with Gasteiger partial charge in [-0.1, -0.05) is 30.3 Å². The van der Waals surface area contributed by atoms with Crippen LogP contribution in [0, 0.1) is 0 Å². The molecular weight excluding hydrogens is 320 g/mol. The highest BCUT2D eigenvalue weighted by atomic mass is 79.9. The molecule has 0 fully saturated rings. The van der Waals surface area contributed by atoms with Crippen molar-refractivity contribution in [1.82, 2.24) is 0 Å². The Hall–Kier alpha value is -2.14. The summed E-state index contributed by atoms with van der Waals surface area (Å²) in [6.07, 6.45) is 0. The van der Waals surface area contributed by atoms with Gasteiger partial charge in [0.15, 0.2) is 0 Å². The van der Waals surface area contributed by atoms with Crippen molar-refractivity contribution in [1.29, 1.82) is 0 Å². The third kappa shape index (κ3) is 3.24. The quantitative estimate of drug-likeness (QED) is 0.935. The molecule has 2 amide bonds. The normalized spacial score (nSPS) is 10.1. The van der Waals surface area contributed by atoms with E-state index in [2.05, 4.69) is 15.9 Å². The number of anilines is 1. The number of hydrogen-bond donors (Lipinski definition) is 1. The summed E-state index contributed by atoms with van der Waals surface area (Å²) < 4.78 is 0.676. The van der Waals surface area contributed by atoms with Crippen LogP contribution in [-0.4, -0.2) is 18.4 Å². The zero-order chi connectivity index (χ0) is 14.5. The van der Waals surface area contributed by atoms with Gasteiger partial charge in [0.05, 0.1) is 5.56 Å². The van der Waals surface area contributed by atoms with Crippen LogP contribution in [0.4, 0.5) is 5.69 Å². The van der Waals surface area contributed by atoms with Gasteiger partial charge in [-0.05, 0) is 40.2 Å². The van der Waals surface area contributed by atoms with Crippen molar-refractivity contribution >= 4 is 33.4 Å². The van der Waals surface area contributed by atoms with Crippen molar-refractivity contribution in [2.45, 2.75) is 0 Å². The Bertz CT molecular complexity index is 629. The standard InChI is InChI=1S/C15H13BrN2O2/c16-13-9-5-4-8-12(13)15(20)18(10-14(17)19)11-6-2-1-3-7-11/h1-9H,10H2,(H2,17,19). The molecule has 5 heteroatoms. The average molecular weight is 333 g/mol. The first kappa shape index (κ1) is 14.3. The molecule has 2 aromatic rings. The number of benzene rings is 2. The summed E-state index contributed by atoms with van der Waals surface area (Å²) in [6.45, 7) is -0.163. The maximum atomic E-state index is 12.6. The minimum absolute atomic E-state index is 0.163. The van der Waals surface area contributed by atoms with Crippen LogP contribution in [-0.2, 0) is 4.79 Å². The highest BCUT2D eigenvalue weighted by Crippen LogP contribution is 2.21. The van der Waals surface area contributed by atoms with E-state index in [1.54, 1.807) is 42.5 Å². The third-order valence-electron chi connectivity index (χ3n) is 2.73. The van der Waals surface area contributed by atoms with Crippen LogP contribution >= 0.6 is 15.9 Å². The van der Waals surface area contributed by atoms with Crippen molar-refractivity contribution in [2.24, 2.45) is 5.73 Å². The van der Waals surface area contributed by atoms with Gasteiger partial charge in [-0.3, -0.25) is 14.5 Å². The summed E-state index contributed by atoms with van der Waals surface area (Å²) >= 11 is 3.34. The number of nitrogens with two attached hydrogens (primary N) is 1. The topological polar surface area (TPSA) is 63.4 Å². The van der Waals surface area contributed by atoms with Crippen molar-refractivity contribution in [3.8, 4) is 0 Å². The number of rotatable bonds is 4. The minimum Gasteiger partial charge on any atom is -0.368 e. The Morgan fingerprint density at radius 3 is 2.20 bits per heavy atom. The molecule has 0 aliphatic rings. The number of primary amides is 1. The first-order chi connectivity index (χ1) is 9.59. The predicted octanol–water partition coefficient (Wildman–Crippen LogP) is 2.58. The molecule has 0 unspecified atom stereocenters. The summed E-state index contributed by atoms with van der Waals surface area (Å²) in [5.74, 6) is -0.836. The van der Waals surface area contributed by atoms with E-state index in [9.17, 15) is 9.59 Å². The summed E-state index contributed by atoms with van der Waals surface area (Å²) in [4.78, 5) is 25.2. The Labute approximate surface area is 125 Å². The first-order valence-corrected chi connectivity index (χ1v) is 6.78. The number of carbonyl (C=O) groups is 2. The van der Waals surface area contributed by atoms with Crippen LogP contribution in [0.5, 0.6) is 0 Å². The number of amides is 2. The lowest BCUT2D eigenvalue weighted by Crippen LogP contribution is -2.38. The Balaban J connectivity index is 2.40. The maximum absolute atomic E-state index is 12.6. The fraction of sp³-hybridized carbons (Fsp3) is 0.0667. The van der Waals surface area contributed by atoms with Gasteiger partial charge in [0.25, 0.3) is 5.91 Å². The van der Waals surface area contributed by atoms with Gasteiger partial charge in [-0.15, -0.1) is 0 Å². The monoisotopic (exact) mass is 332 g/mol. The molecule has 0 aromatic heterocycles. The highest BCUT2D eigenvalue weighted by molar-refractivity contribution is 9.10. The molecule has 0 radical (unpaired) electrons. The van der Waals surface area contributed by atoms with Gasteiger partial charge in [-0.25, -0.2) is 0 Å². The summed E-state index contributed by atoms with van der Waals surface area (Å²) in [5, 5.41) is 0. The van der Waals surface area contributed by atoms with E-state index in [0.29, 0.717) is 15.7 Å². The molecule has 0 saturated carbocycles. The molecule has 0 aliphatic heterocycles.